The van der Waals surface area contributed by atoms with Gasteiger partial charge in [0.2, 0.25) is 0 Å². The van der Waals surface area contributed by atoms with Crippen molar-refractivity contribution >= 4 is 60.5 Å². The van der Waals surface area contributed by atoms with E-state index >= 15 is 0 Å². The molecular weight excluding hydrogens is 631 g/mol. The van der Waals surface area contributed by atoms with Gasteiger partial charge in [-0.25, -0.2) is 0 Å². The number of fused-ring (bicyclic) bond motifs is 6. The minimum absolute atomic E-state index is 0.892. The first kappa shape index (κ1) is 30.0. The molecule has 0 aliphatic carbocycles. The van der Waals surface area contributed by atoms with E-state index in [0.29, 0.717) is 0 Å². The number of benzene rings is 9. The number of rotatable bonds is 6. The standard InChI is InChI=1S/C50H33NO/c1-2-13-34(14-3-1)35-25-29-38(30-26-35)51(39-31-27-37(28-32-39)41-22-12-16-36-15-4-5-17-40(36)41)47-23-10-8-19-43(47)46-33-49-50(44-20-7-6-18-42(44)46)45-21-9-11-24-48(45)52-49/h1-33H. The number of para-hydroxylation sites is 2. The van der Waals surface area contributed by atoms with E-state index < -0.39 is 0 Å². The van der Waals surface area contributed by atoms with E-state index in [4.69, 9.17) is 4.42 Å². The SMILES string of the molecule is c1ccc(-c2ccc(N(c3ccc(-c4cccc5ccccc45)cc3)c3ccccc3-c3cc4oc5ccccc5c4c4ccccc34)cc2)cc1. The Labute approximate surface area is 302 Å². The van der Waals surface area contributed by atoms with Crippen molar-refractivity contribution < 1.29 is 4.42 Å². The van der Waals surface area contributed by atoms with E-state index in [1.807, 2.05) is 6.07 Å². The molecule has 0 aliphatic heterocycles. The molecule has 0 atom stereocenters. The molecule has 2 nitrogen and oxygen atoms in total. The van der Waals surface area contributed by atoms with Crippen molar-refractivity contribution in [1.82, 2.24) is 0 Å². The van der Waals surface area contributed by atoms with E-state index in [2.05, 4.69) is 199 Å². The third kappa shape index (κ3) is 5.04. The molecule has 10 aromatic rings. The van der Waals surface area contributed by atoms with Gasteiger partial charge in [0.05, 0.1) is 5.69 Å². The Morgan fingerprint density at radius 3 is 1.67 bits per heavy atom. The summed E-state index contributed by atoms with van der Waals surface area (Å²) < 4.78 is 6.52. The van der Waals surface area contributed by atoms with Crippen molar-refractivity contribution in [3.8, 4) is 33.4 Å². The molecule has 0 unspecified atom stereocenters. The average Bonchev–Trinajstić information content (AvgIpc) is 3.60. The molecular formula is C50H33NO. The minimum Gasteiger partial charge on any atom is -0.456 e. The monoisotopic (exact) mass is 663 g/mol. The zero-order valence-corrected chi connectivity index (χ0v) is 28.4. The van der Waals surface area contributed by atoms with Crippen LogP contribution in [0.15, 0.2) is 205 Å². The smallest absolute Gasteiger partial charge is 0.136 e. The fraction of sp³-hybridized carbons (Fsp3) is 0. The summed E-state index contributed by atoms with van der Waals surface area (Å²) in [6, 6.07) is 71.6. The summed E-state index contributed by atoms with van der Waals surface area (Å²) in [4.78, 5) is 2.38. The molecule has 0 bridgehead atoms. The molecule has 0 radical (unpaired) electrons. The molecule has 0 saturated heterocycles. The quantitative estimate of drug-likeness (QED) is 0.176. The van der Waals surface area contributed by atoms with Gasteiger partial charge in [-0.05, 0) is 91.8 Å². The van der Waals surface area contributed by atoms with Crippen LogP contribution in [0, 0.1) is 0 Å². The van der Waals surface area contributed by atoms with Crippen LogP contribution in [0.4, 0.5) is 17.1 Å². The van der Waals surface area contributed by atoms with Crippen LogP contribution in [0.1, 0.15) is 0 Å². The van der Waals surface area contributed by atoms with Gasteiger partial charge in [0, 0.05) is 27.7 Å². The second-order valence-electron chi connectivity index (χ2n) is 13.3. The third-order valence-corrected chi connectivity index (χ3v) is 10.3. The van der Waals surface area contributed by atoms with Gasteiger partial charge in [-0.15, -0.1) is 0 Å². The van der Waals surface area contributed by atoms with Gasteiger partial charge in [0.25, 0.3) is 0 Å². The molecule has 0 N–H and O–H groups in total. The lowest BCUT2D eigenvalue weighted by Gasteiger charge is -2.28. The Hall–Kier alpha value is -6.90. The van der Waals surface area contributed by atoms with Gasteiger partial charge in [0.15, 0.2) is 0 Å². The van der Waals surface area contributed by atoms with Crippen LogP contribution < -0.4 is 4.90 Å². The van der Waals surface area contributed by atoms with E-state index in [0.717, 1.165) is 50.1 Å². The van der Waals surface area contributed by atoms with Gasteiger partial charge >= 0.3 is 0 Å². The Morgan fingerprint density at radius 2 is 0.885 bits per heavy atom. The Balaban J connectivity index is 1.17. The first-order valence-electron chi connectivity index (χ1n) is 17.8. The van der Waals surface area contributed by atoms with E-state index in [1.54, 1.807) is 0 Å². The number of hydrogen-bond acceptors (Lipinski definition) is 2. The fourth-order valence-electron chi connectivity index (χ4n) is 7.84. The molecule has 1 aromatic heterocycles. The highest BCUT2D eigenvalue weighted by Crippen LogP contribution is 2.46. The Kier molecular flexibility index (Phi) is 7.18. The normalized spacial score (nSPS) is 11.5. The highest BCUT2D eigenvalue weighted by molar-refractivity contribution is 6.22. The largest absolute Gasteiger partial charge is 0.456 e. The Morgan fingerprint density at radius 1 is 0.327 bits per heavy atom. The van der Waals surface area contributed by atoms with Crippen LogP contribution >= 0.6 is 0 Å². The van der Waals surface area contributed by atoms with Crippen LogP contribution in [-0.4, -0.2) is 0 Å². The van der Waals surface area contributed by atoms with Crippen molar-refractivity contribution in [2.24, 2.45) is 0 Å². The van der Waals surface area contributed by atoms with Crippen LogP contribution in [0.2, 0.25) is 0 Å². The van der Waals surface area contributed by atoms with Gasteiger partial charge in [0.1, 0.15) is 11.2 Å². The van der Waals surface area contributed by atoms with E-state index in [-0.39, 0.29) is 0 Å². The molecule has 0 spiro atoms. The number of anilines is 3. The lowest BCUT2D eigenvalue weighted by atomic mass is 9.93. The van der Waals surface area contributed by atoms with Crippen LogP contribution in [0.3, 0.4) is 0 Å². The van der Waals surface area contributed by atoms with Crippen molar-refractivity contribution in [2.45, 2.75) is 0 Å². The molecule has 1 heterocycles. The van der Waals surface area contributed by atoms with Gasteiger partial charge in [-0.2, -0.15) is 0 Å². The van der Waals surface area contributed by atoms with Crippen molar-refractivity contribution in [2.75, 3.05) is 4.90 Å². The lowest BCUT2D eigenvalue weighted by Crippen LogP contribution is -2.11. The molecule has 0 amide bonds. The average molecular weight is 664 g/mol. The molecule has 244 valence electrons. The van der Waals surface area contributed by atoms with E-state index in [9.17, 15) is 0 Å². The predicted molar refractivity (Wildman–Crippen MR) is 220 cm³/mol. The molecule has 2 heteroatoms. The summed E-state index contributed by atoms with van der Waals surface area (Å²) in [5, 5.41) is 7.17. The molecule has 0 saturated carbocycles. The second kappa shape index (κ2) is 12.5. The predicted octanol–water partition coefficient (Wildman–Crippen LogP) is 14.4. The summed E-state index contributed by atoms with van der Waals surface area (Å²) in [6.07, 6.45) is 0. The van der Waals surface area contributed by atoms with Crippen LogP contribution in [-0.2, 0) is 0 Å². The summed E-state index contributed by atoms with van der Waals surface area (Å²) >= 11 is 0. The highest BCUT2D eigenvalue weighted by Gasteiger charge is 2.21. The maximum absolute atomic E-state index is 6.52. The van der Waals surface area contributed by atoms with Crippen LogP contribution in [0.25, 0.3) is 76.9 Å². The molecule has 0 fully saturated rings. The lowest BCUT2D eigenvalue weighted by molar-refractivity contribution is 0.669. The van der Waals surface area contributed by atoms with Gasteiger partial charge in [-0.3, -0.25) is 0 Å². The Bertz CT molecular complexity index is 2880. The zero-order valence-electron chi connectivity index (χ0n) is 28.4. The fourth-order valence-corrected chi connectivity index (χ4v) is 7.84. The van der Waals surface area contributed by atoms with Crippen molar-refractivity contribution in [3.05, 3.63) is 200 Å². The van der Waals surface area contributed by atoms with E-state index in [1.165, 1.54) is 43.8 Å². The minimum atomic E-state index is 0.892. The summed E-state index contributed by atoms with van der Waals surface area (Å²) in [6.45, 7) is 0. The molecule has 9 aromatic carbocycles. The summed E-state index contributed by atoms with van der Waals surface area (Å²) in [5.74, 6) is 0. The molecule has 10 rings (SSSR count). The van der Waals surface area contributed by atoms with Crippen molar-refractivity contribution in [3.63, 3.8) is 0 Å². The molecule has 52 heavy (non-hydrogen) atoms. The number of furan rings is 1. The second-order valence-corrected chi connectivity index (χ2v) is 13.3. The number of hydrogen-bond donors (Lipinski definition) is 0. The maximum atomic E-state index is 6.52. The van der Waals surface area contributed by atoms with Gasteiger partial charge in [-0.1, -0.05) is 158 Å². The summed E-state index contributed by atoms with van der Waals surface area (Å²) in [5.41, 5.74) is 12.1. The zero-order chi connectivity index (χ0) is 34.4. The highest BCUT2D eigenvalue weighted by atomic mass is 16.3. The van der Waals surface area contributed by atoms with Gasteiger partial charge < -0.3 is 9.32 Å². The first-order chi connectivity index (χ1) is 25.8. The number of nitrogens with zero attached hydrogens (tertiary/aromatic N) is 1. The van der Waals surface area contributed by atoms with Crippen LogP contribution in [0.5, 0.6) is 0 Å². The van der Waals surface area contributed by atoms with Crippen molar-refractivity contribution in [1.29, 1.82) is 0 Å². The third-order valence-electron chi connectivity index (χ3n) is 10.3. The molecule has 0 aliphatic rings. The topological polar surface area (TPSA) is 16.4 Å². The summed E-state index contributed by atoms with van der Waals surface area (Å²) in [7, 11) is 0. The maximum Gasteiger partial charge on any atom is 0.136 e. The first-order valence-corrected chi connectivity index (χ1v) is 17.8.